The van der Waals surface area contributed by atoms with Crippen molar-refractivity contribution in [2.45, 2.75) is 19.8 Å². The zero-order valence-corrected chi connectivity index (χ0v) is 11.4. The molecule has 0 aromatic heterocycles. The summed E-state index contributed by atoms with van der Waals surface area (Å²) in [5.74, 6) is 0.407. The van der Waals surface area contributed by atoms with Gasteiger partial charge in [-0.25, -0.2) is 4.79 Å². The van der Waals surface area contributed by atoms with E-state index in [0.29, 0.717) is 12.2 Å². The summed E-state index contributed by atoms with van der Waals surface area (Å²) in [6.45, 7) is 2.22. The summed E-state index contributed by atoms with van der Waals surface area (Å²) in [6, 6.07) is 7.71. The summed E-state index contributed by atoms with van der Waals surface area (Å²) in [6.07, 6.45) is 3.31. The molecule has 0 spiro atoms. The molecule has 0 fully saturated rings. The molecule has 0 bridgehead atoms. The Morgan fingerprint density at radius 1 is 1.32 bits per heavy atom. The fourth-order valence-electron chi connectivity index (χ4n) is 1.54. The second kappa shape index (κ2) is 8.32. The van der Waals surface area contributed by atoms with E-state index in [2.05, 4.69) is 4.74 Å². The Hall–Kier alpha value is -1.81. The van der Waals surface area contributed by atoms with Gasteiger partial charge in [0.2, 0.25) is 0 Å². The summed E-state index contributed by atoms with van der Waals surface area (Å²) in [4.78, 5) is 11.1. The van der Waals surface area contributed by atoms with Crippen LogP contribution in [0.5, 0.6) is 5.75 Å². The van der Waals surface area contributed by atoms with Crippen molar-refractivity contribution in [3.05, 3.63) is 41.5 Å². The first kappa shape index (κ1) is 15.2. The van der Waals surface area contributed by atoms with Gasteiger partial charge in [0, 0.05) is 12.2 Å². The molecule has 0 radical (unpaired) electrons. The fourth-order valence-corrected chi connectivity index (χ4v) is 1.54. The number of carbonyl (C=O) groups is 1. The van der Waals surface area contributed by atoms with Crippen molar-refractivity contribution < 1.29 is 19.4 Å². The number of hydrogen-bond acceptors (Lipinski definition) is 4. The molecule has 0 atom stereocenters. The van der Waals surface area contributed by atoms with Crippen LogP contribution in [0.1, 0.15) is 18.9 Å². The number of benzene rings is 1. The van der Waals surface area contributed by atoms with Crippen molar-refractivity contribution in [2.24, 2.45) is 0 Å². The third-order valence-electron chi connectivity index (χ3n) is 2.69. The van der Waals surface area contributed by atoms with Gasteiger partial charge in [-0.15, -0.1) is 0 Å². The molecule has 0 aliphatic heterocycles. The van der Waals surface area contributed by atoms with Crippen molar-refractivity contribution in [2.75, 3.05) is 20.3 Å². The predicted octanol–water partition coefficient (Wildman–Crippen LogP) is 2.11. The number of ether oxygens (including phenoxy) is 2. The van der Waals surface area contributed by atoms with Gasteiger partial charge in [-0.2, -0.15) is 0 Å². The fraction of sp³-hybridized carbons (Fsp3) is 0.400. The lowest BCUT2D eigenvalue weighted by atomic mass is 10.1. The Labute approximate surface area is 113 Å². The second-order valence-corrected chi connectivity index (χ2v) is 4.16. The van der Waals surface area contributed by atoms with Gasteiger partial charge in [-0.05, 0) is 43.5 Å². The van der Waals surface area contributed by atoms with Gasteiger partial charge in [0.05, 0.1) is 7.11 Å². The normalized spacial score (nSPS) is 11.2. The van der Waals surface area contributed by atoms with E-state index in [4.69, 9.17) is 9.84 Å². The SMILES string of the molecule is COC(=O)/C(C)=C/COc1ccc(CCCO)cc1. The standard InChI is InChI=1S/C15H20O4/c1-12(15(17)18-2)9-11-19-14-7-5-13(6-8-14)4-3-10-16/h5-9,16H,3-4,10-11H2,1-2H3/b12-9+. The summed E-state index contributed by atoms with van der Waals surface area (Å²) < 4.78 is 10.1. The molecule has 19 heavy (non-hydrogen) atoms. The number of methoxy groups -OCH3 is 1. The summed E-state index contributed by atoms with van der Waals surface area (Å²) in [5.41, 5.74) is 1.70. The Morgan fingerprint density at radius 2 is 2.00 bits per heavy atom. The minimum absolute atomic E-state index is 0.204. The van der Waals surface area contributed by atoms with E-state index in [-0.39, 0.29) is 12.6 Å². The van der Waals surface area contributed by atoms with Crippen LogP contribution in [0.25, 0.3) is 0 Å². The first-order valence-corrected chi connectivity index (χ1v) is 6.25. The highest BCUT2D eigenvalue weighted by Crippen LogP contribution is 2.13. The van der Waals surface area contributed by atoms with Gasteiger partial charge in [-0.3, -0.25) is 0 Å². The molecule has 0 saturated carbocycles. The number of esters is 1. The first-order chi connectivity index (χ1) is 9.17. The van der Waals surface area contributed by atoms with Crippen LogP contribution in [-0.4, -0.2) is 31.4 Å². The van der Waals surface area contributed by atoms with Crippen LogP contribution in [0.2, 0.25) is 0 Å². The molecule has 0 aliphatic rings. The first-order valence-electron chi connectivity index (χ1n) is 6.25. The number of hydrogen-bond donors (Lipinski definition) is 1. The highest BCUT2D eigenvalue weighted by atomic mass is 16.5. The summed E-state index contributed by atoms with van der Waals surface area (Å²) >= 11 is 0. The molecule has 0 heterocycles. The number of aryl methyl sites for hydroxylation is 1. The molecule has 1 aromatic carbocycles. The van der Waals surface area contributed by atoms with Crippen molar-refractivity contribution >= 4 is 5.97 Å². The van der Waals surface area contributed by atoms with Crippen LogP contribution in [0.15, 0.2) is 35.9 Å². The number of rotatable bonds is 7. The van der Waals surface area contributed by atoms with Crippen molar-refractivity contribution in [3.8, 4) is 5.75 Å². The second-order valence-electron chi connectivity index (χ2n) is 4.16. The average molecular weight is 264 g/mol. The lowest BCUT2D eigenvalue weighted by Crippen LogP contribution is -2.04. The molecule has 0 amide bonds. The molecule has 0 unspecified atom stereocenters. The highest BCUT2D eigenvalue weighted by molar-refractivity contribution is 5.87. The maximum absolute atomic E-state index is 11.1. The van der Waals surface area contributed by atoms with E-state index >= 15 is 0 Å². The van der Waals surface area contributed by atoms with Crippen LogP contribution in [0.4, 0.5) is 0 Å². The van der Waals surface area contributed by atoms with E-state index in [0.717, 1.165) is 18.6 Å². The minimum atomic E-state index is -0.344. The monoisotopic (exact) mass is 264 g/mol. The average Bonchev–Trinajstić information content (AvgIpc) is 2.45. The van der Waals surface area contributed by atoms with Gasteiger partial charge < -0.3 is 14.6 Å². The van der Waals surface area contributed by atoms with Crippen LogP contribution in [0, 0.1) is 0 Å². The maximum Gasteiger partial charge on any atom is 0.333 e. The van der Waals surface area contributed by atoms with Crippen LogP contribution >= 0.6 is 0 Å². The number of aliphatic hydroxyl groups is 1. The topological polar surface area (TPSA) is 55.8 Å². The molecule has 0 saturated heterocycles. The van der Waals surface area contributed by atoms with Crippen LogP contribution in [0.3, 0.4) is 0 Å². The van der Waals surface area contributed by atoms with E-state index in [1.807, 2.05) is 24.3 Å². The van der Waals surface area contributed by atoms with E-state index in [1.165, 1.54) is 12.7 Å². The predicted molar refractivity (Wildman–Crippen MR) is 73.1 cm³/mol. The molecule has 1 rings (SSSR count). The largest absolute Gasteiger partial charge is 0.490 e. The Balaban J connectivity index is 2.43. The van der Waals surface area contributed by atoms with Gasteiger partial charge in [0.25, 0.3) is 0 Å². The molecule has 0 aliphatic carbocycles. The minimum Gasteiger partial charge on any atom is -0.490 e. The lowest BCUT2D eigenvalue weighted by Gasteiger charge is -2.05. The number of carbonyl (C=O) groups excluding carboxylic acids is 1. The molecular formula is C15H20O4. The quantitative estimate of drug-likeness (QED) is 0.605. The van der Waals surface area contributed by atoms with Crippen molar-refractivity contribution in [3.63, 3.8) is 0 Å². The molecule has 1 N–H and O–H groups in total. The van der Waals surface area contributed by atoms with Gasteiger partial charge in [0.1, 0.15) is 12.4 Å². The Kier molecular flexibility index (Phi) is 6.68. The van der Waals surface area contributed by atoms with Crippen molar-refractivity contribution in [1.29, 1.82) is 0 Å². The van der Waals surface area contributed by atoms with Crippen molar-refractivity contribution in [1.82, 2.24) is 0 Å². The molecule has 4 nitrogen and oxygen atoms in total. The zero-order chi connectivity index (χ0) is 14.1. The van der Waals surface area contributed by atoms with E-state index < -0.39 is 0 Å². The van der Waals surface area contributed by atoms with E-state index in [9.17, 15) is 4.79 Å². The van der Waals surface area contributed by atoms with Gasteiger partial charge in [0.15, 0.2) is 0 Å². The zero-order valence-electron chi connectivity index (χ0n) is 11.4. The van der Waals surface area contributed by atoms with E-state index in [1.54, 1.807) is 13.0 Å². The third kappa shape index (κ3) is 5.57. The Bertz CT molecular complexity index is 420. The lowest BCUT2D eigenvalue weighted by molar-refractivity contribution is -0.136. The molecular weight excluding hydrogens is 244 g/mol. The van der Waals surface area contributed by atoms with Gasteiger partial charge >= 0.3 is 5.97 Å². The summed E-state index contributed by atoms with van der Waals surface area (Å²) in [5, 5.41) is 8.75. The van der Waals surface area contributed by atoms with Crippen LogP contribution in [-0.2, 0) is 16.0 Å². The number of aliphatic hydroxyl groups excluding tert-OH is 1. The smallest absolute Gasteiger partial charge is 0.333 e. The molecule has 104 valence electrons. The summed E-state index contributed by atoms with van der Waals surface area (Å²) in [7, 11) is 1.35. The highest BCUT2D eigenvalue weighted by Gasteiger charge is 2.02. The molecule has 4 heteroatoms. The molecule has 1 aromatic rings. The Morgan fingerprint density at radius 3 is 2.58 bits per heavy atom. The van der Waals surface area contributed by atoms with Gasteiger partial charge in [-0.1, -0.05) is 12.1 Å². The van der Waals surface area contributed by atoms with Crippen LogP contribution < -0.4 is 4.74 Å². The maximum atomic E-state index is 11.1. The third-order valence-corrected chi connectivity index (χ3v) is 2.69.